The Hall–Kier alpha value is -2.49. The Morgan fingerprint density at radius 1 is 1.38 bits per heavy atom. The number of carbonyl (C=O) groups excluding carboxylic acids is 1. The zero-order chi connectivity index (χ0) is 17.9. The summed E-state index contributed by atoms with van der Waals surface area (Å²) >= 11 is 0.873. The first-order valence-electron chi connectivity index (χ1n) is 6.67. The SMILES string of the molecule is CC(Sc1nc(N)cc(=O)[nH]1)C(=O)Nc1ccccc1C(F)(F)F. The number of nitrogens with zero attached hydrogens (tertiary/aromatic N) is 1. The number of thioether (sulfide) groups is 1. The first kappa shape index (κ1) is 17.9. The van der Waals surface area contributed by atoms with E-state index in [1.54, 1.807) is 0 Å². The van der Waals surface area contributed by atoms with E-state index in [4.69, 9.17) is 5.73 Å². The van der Waals surface area contributed by atoms with Gasteiger partial charge < -0.3 is 16.0 Å². The molecular formula is C14H13F3N4O2S. The van der Waals surface area contributed by atoms with Crippen molar-refractivity contribution in [2.75, 3.05) is 11.1 Å². The summed E-state index contributed by atoms with van der Waals surface area (Å²) in [5, 5.41) is 1.53. The molecule has 0 saturated carbocycles. The summed E-state index contributed by atoms with van der Waals surface area (Å²) in [6.45, 7) is 1.47. The normalized spacial score (nSPS) is 12.7. The highest BCUT2D eigenvalue weighted by molar-refractivity contribution is 8.00. The maximum atomic E-state index is 12.9. The highest BCUT2D eigenvalue weighted by Gasteiger charge is 2.33. The maximum Gasteiger partial charge on any atom is 0.418 e. The van der Waals surface area contributed by atoms with Crippen molar-refractivity contribution in [3.63, 3.8) is 0 Å². The number of H-pyrrole nitrogens is 1. The maximum absolute atomic E-state index is 12.9. The molecule has 1 unspecified atom stereocenters. The van der Waals surface area contributed by atoms with Crippen molar-refractivity contribution in [1.29, 1.82) is 0 Å². The predicted molar refractivity (Wildman–Crippen MR) is 84.7 cm³/mol. The molecular weight excluding hydrogens is 345 g/mol. The number of amides is 1. The number of nitrogens with one attached hydrogen (secondary N) is 2. The third kappa shape index (κ3) is 4.51. The number of anilines is 2. The number of hydrogen-bond donors (Lipinski definition) is 3. The highest BCUT2D eigenvalue weighted by atomic mass is 32.2. The Kier molecular flexibility index (Phi) is 5.17. The minimum absolute atomic E-state index is 0.0173. The van der Waals surface area contributed by atoms with Gasteiger partial charge in [-0.2, -0.15) is 13.2 Å². The van der Waals surface area contributed by atoms with Crippen LogP contribution < -0.4 is 16.6 Å². The van der Waals surface area contributed by atoms with Gasteiger partial charge in [-0.25, -0.2) is 4.98 Å². The summed E-state index contributed by atoms with van der Waals surface area (Å²) in [5.41, 5.74) is 3.67. The van der Waals surface area contributed by atoms with E-state index < -0.39 is 28.5 Å². The van der Waals surface area contributed by atoms with E-state index in [1.807, 2.05) is 0 Å². The third-order valence-electron chi connectivity index (χ3n) is 2.89. The molecule has 2 aromatic rings. The average molecular weight is 358 g/mol. The van der Waals surface area contributed by atoms with Crippen LogP contribution in [0.1, 0.15) is 12.5 Å². The molecule has 0 aliphatic rings. The van der Waals surface area contributed by atoms with Gasteiger partial charge in [-0.3, -0.25) is 9.59 Å². The van der Waals surface area contributed by atoms with Crippen LogP contribution in [0.25, 0.3) is 0 Å². The molecule has 4 N–H and O–H groups in total. The molecule has 0 spiro atoms. The predicted octanol–water partition coefficient (Wildman–Crippen LogP) is 2.49. The minimum atomic E-state index is -4.58. The second-order valence-electron chi connectivity index (χ2n) is 4.77. The van der Waals surface area contributed by atoms with Crippen molar-refractivity contribution in [2.24, 2.45) is 0 Å². The number of aromatic amines is 1. The summed E-state index contributed by atoms with van der Waals surface area (Å²) in [6, 6.07) is 5.75. The van der Waals surface area contributed by atoms with Gasteiger partial charge >= 0.3 is 6.18 Å². The summed E-state index contributed by atoms with van der Waals surface area (Å²) in [5.74, 6) is -0.682. The van der Waals surface area contributed by atoms with Gasteiger partial charge in [0.15, 0.2) is 5.16 Å². The van der Waals surface area contributed by atoms with Gasteiger partial charge in [-0.1, -0.05) is 23.9 Å². The van der Waals surface area contributed by atoms with Gasteiger partial charge in [0.1, 0.15) is 5.82 Å². The van der Waals surface area contributed by atoms with Crippen LogP contribution in [0.5, 0.6) is 0 Å². The number of hydrogen-bond acceptors (Lipinski definition) is 5. The molecule has 1 amide bonds. The van der Waals surface area contributed by atoms with Crippen LogP contribution in [0.2, 0.25) is 0 Å². The molecule has 1 atom stereocenters. The smallest absolute Gasteiger partial charge is 0.383 e. The van der Waals surface area contributed by atoms with E-state index in [-0.39, 0.29) is 16.7 Å². The first-order chi connectivity index (χ1) is 11.2. The molecule has 24 heavy (non-hydrogen) atoms. The van der Waals surface area contributed by atoms with Crippen LogP contribution in [0, 0.1) is 0 Å². The van der Waals surface area contributed by atoms with Crippen LogP contribution in [0.15, 0.2) is 40.3 Å². The molecule has 0 fully saturated rings. The topological polar surface area (TPSA) is 101 Å². The first-order valence-corrected chi connectivity index (χ1v) is 7.55. The lowest BCUT2D eigenvalue weighted by atomic mass is 10.1. The van der Waals surface area contributed by atoms with Crippen molar-refractivity contribution in [3.8, 4) is 0 Å². The monoisotopic (exact) mass is 358 g/mol. The standard InChI is InChI=1S/C14H13F3N4O2S/c1-7(24-13-20-10(18)6-11(22)21-13)12(23)19-9-5-3-2-4-8(9)14(15,16)17/h2-7H,1H3,(H,19,23)(H3,18,20,21,22). The minimum Gasteiger partial charge on any atom is -0.383 e. The number of alkyl halides is 3. The number of para-hydroxylation sites is 1. The Bertz CT molecular complexity index is 807. The van der Waals surface area contributed by atoms with Crippen LogP contribution in [-0.4, -0.2) is 21.1 Å². The van der Waals surface area contributed by atoms with Gasteiger partial charge in [-0.15, -0.1) is 0 Å². The molecule has 0 bridgehead atoms. The highest BCUT2D eigenvalue weighted by Crippen LogP contribution is 2.34. The molecule has 6 nitrogen and oxygen atoms in total. The van der Waals surface area contributed by atoms with Gasteiger partial charge in [0.25, 0.3) is 5.56 Å². The lowest BCUT2D eigenvalue weighted by Crippen LogP contribution is -2.25. The Morgan fingerprint density at radius 3 is 2.67 bits per heavy atom. The summed E-state index contributed by atoms with van der Waals surface area (Å²) in [7, 11) is 0. The summed E-state index contributed by atoms with van der Waals surface area (Å²) < 4.78 is 38.7. The fourth-order valence-corrected chi connectivity index (χ4v) is 2.62. The van der Waals surface area contributed by atoms with Crippen molar-refractivity contribution in [1.82, 2.24) is 9.97 Å². The fourth-order valence-electron chi connectivity index (χ4n) is 1.80. The number of rotatable bonds is 4. The van der Waals surface area contributed by atoms with Crippen molar-refractivity contribution >= 4 is 29.2 Å². The van der Waals surface area contributed by atoms with E-state index >= 15 is 0 Å². The van der Waals surface area contributed by atoms with Crippen molar-refractivity contribution < 1.29 is 18.0 Å². The average Bonchev–Trinajstić information content (AvgIpc) is 2.45. The Labute approximate surface area is 138 Å². The van der Waals surface area contributed by atoms with Crippen LogP contribution >= 0.6 is 11.8 Å². The second-order valence-corrected chi connectivity index (χ2v) is 6.10. The quantitative estimate of drug-likeness (QED) is 0.576. The molecule has 0 radical (unpaired) electrons. The lowest BCUT2D eigenvalue weighted by Gasteiger charge is -2.15. The van der Waals surface area contributed by atoms with Crippen LogP contribution in [0.4, 0.5) is 24.7 Å². The molecule has 0 aliphatic carbocycles. The fraction of sp³-hybridized carbons (Fsp3) is 0.214. The summed E-state index contributed by atoms with van der Waals surface area (Å²) in [6.07, 6.45) is -4.58. The molecule has 0 aliphatic heterocycles. The number of carbonyl (C=O) groups is 1. The zero-order valence-corrected chi connectivity index (χ0v) is 13.2. The molecule has 1 aromatic heterocycles. The van der Waals surface area contributed by atoms with Gasteiger partial charge in [0, 0.05) is 6.07 Å². The molecule has 1 heterocycles. The Balaban J connectivity index is 2.14. The van der Waals surface area contributed by atoms with Gasteiger partial charge in [0.05, 0.1) is 16.5 Å². The van der Waals surface area contributed by atoms with E-state index in [2.05, 4.69) is 15.3 Å². The molecule has 128 valence electrons. The third-order valence-corrected chi connectivity index (χ3v) is 3.87. The van der Waals surface area contributed by atoms with Crippen molar-refractivity contribution in [2.45, 2.75) is 23.5 Å². The second kappa shape index (κ2) is 6.95. The molecule has 0 saturated heterocycles. The lowest BCUT2D eigenvalue weighted by molar-refractivity contribution is -0.137. The van der Waals surface area contributed by atoms with E-state index in [9.17, 15) is 22.8 Å². The van der Waals surface area contributed by atoms with E-state index in [0.29, 0.717) is 0 Å². The number of aromatic nitrogens is 2. The van der Waals surface area contributed by atoms with Gasteiger partial charge in [0.2, 0.25) is 5.91 Å². The largest absolute Gasteiger partial charge is 0.418 e. The molecule has 1 aromatic carbocycles. The van der Waals surface area contributed by atoms with Gasteiger partial charge in [-0.05, 0) is 19.1 Å². The zero-order valence-electron chi connectivity index (χ0n) is 12.3. The van der Waals surface area contributed by atoms with Crippen molar-refractivity contribution in [3.05, 3.63) is 46.2 Å². The number of benzene rings is 1. The van der Waals surface area contributed by atoms with Crippen LogP contribution in [0.3, 0.4) is 0 Å². The Morgan fingerprint density at radius 2 is 2.04 bits per heavy atom. The number of halogens is 3. The van der Waals surface area contributed by atoms with E-state index in [0.717, 1.165) is 23.9 Å². The summed E-state index contributed by atoms with van der Waals surface area (Å²) in [4.78, 5) is 29.6. The number of nitrogens with two attached hydrogens (primary N) is 1. The van der Waals surface area contributed by atoms with E-state index in [1.165, 1.54) is 25.1 Å². The molecule has 2 rings (SSSR count). The molecule has 10 heteroatoms. The number of nitrogen functional groups attached to an aromatic ring is 1. The van der Waals surface area contributed by atoms with Crippen LogP contribution in [-0.2, 0) is 11.0 Å².